The summed E-state index contributed by atoms with van der Waals surface area (Å²) >= 11 is 0. The number of β-amino-alcohol motifs (C(OH)–C–C–N with tert-alkyl or cyclic N) is 1. The van der Waals surface area contributed by atoms with Gasteiger partial charge in [0, 0.05) is 73.2 Å². The van der Waals surface area contributed by atoms with Gasteiger partial charge in [0.05, 0.1) is 17.9 Å². The molecule has 4 N–H and O–H groups in total. The van der Waals surface area contributed by atoms with Crippen LogP contribution in [0.4, 0.5) is 11.5 Å². The third kappa shape index (κ3) is 7.09. The number of pyridine rings is 2. The summed E-state index contributed by atoms with van der Waals surface area (Å²) in [5.74, 6) is 1.39. The molecule has 1 aliphatic carbocycles. The average molecular weight is 742 g/mol. The number of rotatable bonds is 11. The normalized spacial score (nSPS) is 17.3. The van der Waals surface area contributed by atoms with Gasteiger partial charge in [0.2, 0.25) is 10.0 Å². The number of aliphatic hydroxyl groups excluding tert-OH is 1. The van der Waals surface area contributed by atoms with Gasteiger partial charge < -0.3 is 20.2 Å². The summed E-state index contributed by atoms with van der Waals surface area (Å²) in [5.41, 5.74) is 11.3. The number of nitriles is 1. The zero-order valence-corrected chi connectivity index (χ0v) is 31.4. The Balaban J connectivity index is 1.07. The second-order valence-electron chi connectivity index (χ2n) is 14.5. The summed E-state index contributed by atoms with van der Waals surface area (Å²) in [5, 5.41) is 29.1. The van der Waals surface area contributed by atoms with Crippen molar-refractivity contribution in [3.63, 3.8) is 0 Å². The first-order valence-corrected chi connectivity index (χ1v) is 20.2. The predicted octanol–water partition coefficient (Wildman–Crippen LogP) is 6.63. The molecule has 0 unspecified atom stereocenters. The van der Waals surface area contributed by atoms with E-state index in [9.17, 15) is 18.8 Å². The van der Waals surface area contributed by atoms with Crippen LogP contribution in [0, 0.1) is 25.2 Å². The number of sulfonamides is 1. The summed E-state index contributed by atoms with van der Waals surface area (Å²) in [6, 6.07) is 23.1. The van der Waals surface area contributed by atoms with Crippen molar-refractivity contribution >= 4 is 43.4 Å². The average Bonchev–Trinajstić information content (AvgIpc) is 3.88. The maximum atomic E-state index is 11.5. The van der Waals surface area contributed by atoms with Crippen LogP contribution in [0.2, 0.25) is 0 Å². The number of nitrogens with one attached hydrogen (secondary N) is 3. The summed E-state index contributed by atoms with van der Waals surface area (Å²) in [6.07, 6.45) is 6.99. The quantitative estimate of drug-likeness (QED) is 0.106. The van der Waals surface area contributed by atoms with Crippen LogP contribution in [0.25, 0.3) is 44.3 Å². The van der Waals surface area contributed by atoms with Crippen molar-refractivity contribution in [2.75, 3.05) is 37.8 Å². The van der Waals surface area contributed by atoms with Crippen molar-refractivity contribution < 1.29 is 17.9 Å². The molecule has 0 amide bonds. The molecule has 12 heteroatoms. The largest absolute Gasteiger partial charge is 0.455 e. The van der Waals surface area contributed by atoms with Crippen LogP contribution in [0.15, 0.2) is 77.5 Å². The first-order chi connectivity index (χ1) is 26.1. The van der Waals surface area contributed by atoms with Crippen molar-refractivity contribution in [3.8, 4) is 28.5 Å². The molecule has 2 aliphatic rings. The molecule has 11 nitrogen and oxygen atoms in total. The van der Waals surface area contributed by atoms with E-state index in [1.807, 2.05) is 30.5 Å². The second kappa shape index (κ2) is 14.6. The summed E-state index contributed by atoms with van der Waals surface area (Å²) in [7, 11) is -3.26. The number of fused-ring (bicyclic) bond motifs is 3. The number of aromatic nitrogens is 2. The Labute approximate surface area is 315 Å². The molecule has 54 heavy (non-hydrogen) atoms. The lowest BCUT2D eigenvalue weighted by Gasteiger charge is -2.17. The Kier molecular flexibility index (Phi) is 9.68. The van der Waals surface area contributed by atoms with E-state index in [2.05, 4.69) is 81.6 Å². The van der Waals surface area contributed by atoms with Crippen molar-refractivity contribution in [3.05, 3.63) is 106 Å². The van der Waals surface area contributed by atoms with Crippen LogP contribution >= 0.6 is 0 Å². The smallest absolute Gasteiger partial charge is 0.208 e. The zero-order valence-electron chi connectivity index (χ0n) is 30.6. The maximum Gasteiger partial charge on any atom is 0.208 e. The van der Waals surface area contributed by atoms with Crippen molar-refractivity contribution in [1.82, 2.24) is 24.9 Å². The van der Waals surface area contributed by atoms with Gasteiger partial charge in [-0.25, -0.2) is 18.1 Å². The monoisotopic (exact) mass is 741 g/mol. The lowest BCUT2D eigenvalue weighted by molar-refractivity contribution is 0.175. The first-order valence-electron chi connectivity index (χ1n) is 18.3. The topological polar surface area (TPSA) is 156 Å². The molecule has 1 aliphatic heterocycles. The highest BCUT2D eigenvalue weighted by molar-refractivity contribution is 7.88. The van der Waals surface area contributed by atoms with Gasteiger partial charge in [-0.1, -0.05) is 30.3 Å². The lowest BCUT2D eigenvalue weighted by Crippen LogP contribution is -2.32. The highest BCUT2D eigenvalue weighted by Crippen LogP contribution is 2.42. The van der Waals surface area contributed by atoms with Crippen LogP contribution in [-0.4, -0.2) is 66.9 Å². The maximum absolute atomic E-state index is 11.5. The highest BCUT2D eigenvalue weighted by Gasteiger charge is 2.28. The van der Waals surface area contributed by atoms with Crippen molar-refractivity contribution in [2.45, 2.75) is 51.8 Å². The van der Waals surface area contributed by atoms with Gasteiger partial charge in [0.25, 0.3) is 0 Å². The van der Waals surface area contributed by atoms with E-state index in [0.717, 1.165) is 105 Å². The molecule has 4 heterocycles. The van der Waals surface area contributed by atoms with Gasteiger partial charge in [0.15, 0.2) is 11.4 Å². The molecule has 0 bridgehead atoms. The molecule has 1 saturated heterocycles. The Morgan fingerprint density at radius 3 is 2.56 bits per heavy atom. The Morgan fingerprint density at radius 1 is 0.981 bits per heavy atom. The van der Waals surface area contributed by atoms with Gasteiger partial charge in [0.1, 0.15) is 17.3 Å². The first kappa shape index (κ1) is 35.8. The van der Waals surface area contributed by atoms with E-state index in [4.69, 9.17) is 9.40 Å². The molecule has 2 atom stereocenters. The summed E-state index contributed by atoms with van der Waals surface area (Å²) < 4.78 is 32.0. The molecule has 1 fully saturated rings. The molecular weight excluding hydrogens is 699 g/mol. The van der Waals surface area contributed by atoms with Crippen molar-refractivity contribution in [1.29, 1.82) is 5.26 Å². The van der Waals surface area contributed by atoms with E-state index in [-0.39, 0.29) is 12.1 Å². The van der Waals surface area contributed by atoms with Gasteiger partial charge in [-0.2, -0.15) is 5.26 Å². The molecule has 8 rings (SSSR count). The number of benzene rings is 3. The minimum absolute atomic E-state index is 0.0260. The number of hydrogen-bond donors (Lipinski definition) is 4. The zero-order chi connectivity index (χ0) is 37.6. The number of likely N-dealkylation sites (tertiary alicyclic amines) is 1. The minimum atomic E-state index is -3.26. The second-order valence-corrected chi connectivity index (χ2v) is 16.3. The van der Waals surface area contributed by atoms with Gasteiger partial charge in [-0.05, 0) is 102 Å². The highest BCUT2D eigenvalue weighted by atomic mass is 32.2. The van der Waals surface area contributed by atoms with E-state index in [1.165, 1.54) is 0 Å². The number of anilines is 2. The number of furan rings is 1. The molecule has 0 radical (unpaired) electrons. The predicted molar refractivity (Wildman–Crippen MR) is 212 cm³/mol. The number of nitrogens with zero attached hydrogens (tertiary/aromatic N) is 4. The summed E-state index contributed by atoms with van der Waals surface area (Å²) in [4.78, 5) is 11.7. The van der Waals surface area contributed by atoms with Crippen LogP contribution < -0.4 is 15.4 Å². The van der Waals surface area contributed by atoms with Gasteiger partial charge in [-0.15, -0.1) is 0 Å². The lowest BCUT2D eigenvalue weighted by atomic mass is 9.92. The molecule has 6 aromatic rings. The van der Waals surface area contributed by atoms with Crippen LogP contribution in [0.3, 0.4) is 0 Å². The Morgan fingerprint density at radius 2 is 1.78 bits per heavy atom. The van der Waals surface area contributed by atoms with E-state index >= 15 is 0 Å². The minimum Gasteiger partial charge on any atom is -0.455 e. The molecular formula is C42H43N7O4S. The third-order valence-corrected chi connectivity index (χ3v) is 11.5. The standard InChI is InChI=1S/C42H43N7O4S/c1-25-31(32-7-5-9-37(26(32)2)48-42-40-28(12-14-45-42)18-27(22-46-40)23-49-17-13-30(50)24-49)6-4-8-33(25)39-20-29-19-35-34(36(21-43)41(29)53-39)10-11-38(35)44-15-16-47-54(3,51)52/h4-9,12,14,18-20,22,30,38,44,47,50H,10-11,13,15-17,23-24H2,1-3H3,(H,45,48)/t30-,38-/m1/s1. The fraction of sp³-hybridized carbons (Fsp3) is 0.310. The van der Waals surface area contributed by atoms with E-state index in [0.29, 0.717) is 42.4 Å². The molecule has 3 aromatic carbocycles. The summed E-state index contributed by atoms with van der Waals surface area (Å²) in [6.45, 7) is 7.32. The van der Waals surface area contributed by atoms with Crippen LogP contribution in [-0.2, 0) is 23.0 Å². The van der Waals surface area contributed by atoms with Crippen molar-refractivity contribution in [2.24, 2.45) is 0 Å². The number of hydrogen-bond acceptors (Lipinski definition) is 10. The Hall–Kier alpha value is -5.16. The molecule has 276 valence electrons. The van der Waals surface area contributed by atoms with Gasteiger partial charge in [-0.3, -0.25) is 9.88 Å². The van der Waals surface area contributed by atoms with E-state index in [1.54, 1.807) is 6.20 Å². The molecule has 0 spiro atoms. The third-order valence-electron chi connectivity index (χ3n) is 10.8. The van der Waals surface area contributed by atoms with Crippen LogP contribution in [0.5, 0.6) is 0 Å². The van der Waals surface area contributed by atoms with Gasteiger partial charge >= 0.3 is 0 Å². The Bertz CT molecular complexity index is 2560. The SMILES string of the molecule is Cc1c(Nc2nccc3cc(CN4CC[C@@H](O)C4)cnc23)cccc1-c1cccc(-c2cc3cc4c(c(C#N)c3o2)CC[C@H]4NCCNS(C)(=O)=O)c1C. The van der Waals surface area contributed by atoms with Crippen LogP contribution in [0.1, 0.15) is 52.3 Å². The number of aliphatic hydroxyl groups is 1. The van der Waals surface area contributed by atoms with E-state index < -0.39 is 10.0 Å². The fourth-order valence-electron chi connectivity index (χ4n) is 8.10. The fourth-order valence-corrected chi connectivity index (χ4v) is 8.57. The molecule has 3 aromatic heterocycles. The molecule has 0 saturated carbocycles.